The van der Waals surface area contributed by atoms with Crippen molar-refractivity contribution in [1.29, 1.82) is 0 Å². The summed E-state index contributed by atoms with van der Waals surface area (Å²) in [5.41, 5.74) is 0. The molecule has 2 fully saturated rings. The van der Waals surface area contributed by atoms with Crippen LogP contribution in [0.2, 0.25) is 0 Å². The summed E-state index contributed by atoms with van der Waals surface area (Å²) >= 11 is 1.89. The SMILES string of the molecule is CNC(=O)CCCC1SCC2NC(=O)NC21. The molecule has 0 radical (unpaired) electrons. The van der Waals surface area contributed by atoms with Gasteiger partial charge in [0.25, 0.3) is 0 Å². The molecule has 6 heteroatoms. The predicted molar refractivity (Wildman–Crippen MR) is 63.4 cm³/mol. The van der Waals surface area contributed by atoms with Crippen molar-refractivity contribution in [1.82, 2.24) is 16.0 Å². The number of thioether (sulfide) groups is 1. The van der Waals surface area contributed by atoms with Gasteiger partial charge in [0.2, 0.25) is 5.91 Å². The first-order valence-corrected chi connectivity index (χ1v) is 6.65. The summed E-state index contributed by atoms with van der Waals surface area (Å²) in [5, 5.41) is 8.92. The van der Waals surface area contributed by atoms with Crippen molar-refractivity contribution in [3.05, 3.63) is 0 Å². The molecule has 0 saturated carbocycles. The molecule has 2 rings (SSSR count). The van der Waals surface area contributed by atoms with Gasteiger partial charge in [-0.2, -0.15) is 11.8 Å². The molecule has 3 N–H and O–H groups in total. The molecule has 2 aliphatic rings. The number of rotatable bonds is 4. The maximum Gasteiger partial charge on any atom is 0.315 e. The second-order valence-electron chi connectivity index (χ2n) is 4.19. The molecule has 0 bridgehead atoms. The van der Waals surface area contributed by atoms with Crippen molar-refractivity contribution in [3.63, 3.8) is 0 Å². The van der Waals surface area contributed by atoms with Gasteiger partial charge in [-0.1, -0.05) is 0 Å². The third-order valence-electron chi connectivity index (χ3n) is 3.11. The van der Waals surface area contributed by atoms with Crippen LogP contribution in [-0.2, 0) is 4.79 Å². The van der Waals surface area contributed by atoms with E-state index in [0.717, 1.165) is 18.6 Å². The zero-order valence-corrected chi connectivity index (χ0v) is 10.1. The third kappa shape index (κ3) is 2.42. The van der Waals surface area contributed by atoms with Gasteiger partial charge < -0.3 is 16.0 Å². The highest BCUT2D eigenvalue weighted by atomic mass is 32.2. The Labute approximate surface area is 99.1 Å². The molecule has 0 aliphatic carbocycles. The largest absolute Gasteiger partial charge is 0.359 e. The minimum absolute atomic E-state index is 0.0494. The van der Waals surface area contributed by atoms with Crippen LogP contribution in [0.4, 0.5) is 4.79 Å². The van der Waals surface area contributed by atoms with Crippen LogP contribution in [0.1, 0.15) is 19.3 Å². The second-order valence-corrected chi connectivity index (χ2v) is 5.46. The molecule has 2 saturated heterocycles. The molecule has 2 heterocycles. The Balaban J connectivity index is 1.74. The Morgan fingerprint density at radius 2 is 2.38 bits per heavy atom. The van der Waals surface area contributed by atoms with Gasteiger partial charge in [0.05, 0.1) is 12.1 Å². The number of nitrogens with one attached hydrogen (secondary N) is 3. The molecule has 3 amide bonds. The van der Waals surface area contributed by atoms with Crippen LogP contribution in [-0.4, -0.2) is 42.1 Å². The van der Waals surface area contributed by atoms with Crippen molar-refractivity contribution >= 4 is 23.7 Å². The van der Waals surface area contributed by atoms with Crippen molar-refractivity contribution in [2.45, 2.75) is 36.6 Å². The van der Waals surface area contributed by atoms with Gasteiger partial charge >= 0.3 is 6.03 Å². The number of carbonyl (C=O) groups is 2. The zero-order chi connectivity index (χ0) is 11.5. The van der Waals surface area contributed by atoms with Crippen molar-refractivity contribution < 1.29 is 9.59 Å². The Hall–Kier alpha value is -0.910. The molecule has 0 aromatic carbocycles. The molecule has 3 unspecified atom stereocenters. The first-order valence-electron chi connectivity index (χ1n) is 5.60. The smallest absolute Gasteiger partial charge is 0.315 e. The molecular weight excluding hydrogens is 226 g/mol. The maximum absolute atomic E-state index is 11.1. The molecule has 0 aromatic heterocycles. The van der Waals surface area contributed by atoms with E-state index in [1.165, 1.54) is 0 Å². The Bertz CT molecular complexity index is 298. The molecule has 90 valence electrons. The van der Waals surface area contributed by atoms with E-state index >= 15 is 0 Å². The van der Waals surface area contributed by atoms with Crippen molar-refractivity contribution in [3.8, 4) is 0 Å². The number of fused-ring (bicyclic) bond motifs is 1. The number of urea groups is 1. The summed E-state index contributed by atoms with van der Waals surface area (Å²) < 4.78 is 0. The number of amides is 3. The van der Waals surface area contributed by atoms with Crippen LogP contribution in [0.3, 0.4) is 0 Å². The van der Waals surface area contributed by atoms with E-state index in [4.69, 9.17) is 0 Å². The highest BCUT2D eigenvalue weighted by molar-refractivity contribution is 8.00. The highest BCUT2D eigenvalue weighted by Crippen LogP contribution is 2.32. The van der Waals surface area contributed by atoms with Gasteiger partial charge in [0.1, 0.15) is 0 Å². The van der Waals surface area contributed by atoms with E-state index in [1.807, 2.05) is 11.8 Å². The Morgan fingerprint density at radius 3 is 3.12 bits per heavy atom. The standard InChI is InChI=1S/C10H17N3O2S/c1-11-8(14)4-2-3-7-9-6(5-16-7)12-10(15)13-9/h6-7,9H,2-5H2,1H3,(H,11,14)(H2,12,13,15). The molecule has 16 heavy (non-hydrogen) atoms. The lowest BCUT2D eigenvalue weighted by Gasteiger charge is -2.16. The average Bonchev–Trinajstić information content (AvgIpc) is 2.78. The van der Waals surface area contributed by atoms with Crippen LogP contribution >= 0.6 is 11.8 Å². The summed E-state index contributed by atoms with van der Waals surface area (Å²) in [6.07, 6.45) is 2.45. The minimum atomic E-state index is -0.0494. The first-order chi connectivity index (χ1) is 7.70. The lowest BCUT2D eigenvalue weighted by atomic mass is 10.0. The summed E-state index contributed by atoms with van der Waals surface area (Å²) in [5.74, 6) is 1.07. The summed E-state index contributed by atoms with van der Waals surface area (Å²) in [6.45, 7) is 0. The fraction of sp³-hybridized carbons (Fsp3) is 0.800. The predicted octanol–water partition coefficient (Wildman–Crippen LogP) is 0.0681. The third-order valence-corrected chi connectivity index (χ3v) is 4.62. The topological polar surface area (TPSA) is 70.2 Å². The fourth-order valence-electron chi connectivity index (χ4n) is 2.23. The monoisotopic (exact) mass is 243 g/mol. The normalized spacial score (nSPS) is 31.8. The molecule has 5 nitrogen and oxygen atoms in total. The maximum atomic E-state index is 11.1. The van der Waals surface area contributed by atoms with Gasteiger partial charge in [-0.05, 0) is 12.8 Å². The van der Waals surface area contributed by atoms with Crippen LogP contribution < -0.4 is 16.0 Å². The summed E-state index contributed by atoms with van der Waals surface area (Å²) in [6, 6.07) is 0.483. The van der Waals surface area contributed by atoms with Gasteiger partial charge in [0.15, 0.2) is 0 Å². The van der Waals surface area contributed by atoms with Gasteiger partial charge in [-0.25, -0.2) is 4.79 Å². The molecule has 0 aromatic rings. The average molecular weight is 243 g/mol. The van der Waals surface area contributed by atoms with E-state index < -0.39 is 0 Å². The molecule has 3 atom stereocenters. The lowest BCUT2D eigenvalue weighted by Crippen LogP contribution is -2.36. The Morgan fingerprint density at radius 1 is 1.56 bits per heavy atom. The van der Waals surface area contributed by atoms with E-state index in [1.54, 1.807) is 7.05 Å². The van der Waals surface area contributed by atoms with E-state index in [0.29, 0.717) is 11.7 Å². The summed E-state index contributed by atoms with van der Waals surface area (Å²) in [4.78, 5) is 22.2. The molecule has 2 aliphatic heterocycles. The fourth-order valence-corrected chi connectivity index (χ4v) is 3.78. The molecular formula is C10H17N3O2S. The lowest BCUT2D eigenvalue weighted by molar-refractivity contribution is -0.120. The van der Waals surface area contributed by atoms with E-state index in [2.05, 4.69) is 16.0 Å². The number of carbonyl (C=O) groups excluding carboxylic acids is 2. The van der Waals surface area contributed by atoms with Gasteiger partial charge in [-0.3, -0.25) is 4.79 Å². The number of hydrogen-bond acceptors (Lipinski definition) is 3. The van der Waals surface area contributed by atoms with Crippen LogP contribution in [0.15, 0.2) is 0 Å². The zero-order valence-electron chi connectivity index (χ0n) is 9.29. The van der Waals surface area contributed by atoms with Crippen molar-refractivity contribution in [2.24, 2.45) is 0 Å². The van der Waals surface area contributed by atoms with Crippen LogP contribution in [0.25, 0.3) is 0 Å². The Kier molecular flexibility index (Phi) is 3.58. The first kappa shape index (κ1) is 11.6. The van der Waals surface area contributed by atoms with Gasteiger partial charge in [0, 0.05) is 24.5 Å². The second kappa shape index (κ2) is 4.95. The van der Waals surface area contributed by atoms with Crippen LogP contribution in [0.5, 0.6) is 0 Å². The number of hydrogen-bond donors (Lipinski definition) is 3. The molecule has 0 spiro atoms. The van der Waals surface area contributed by atoms with E-state index in [-0.39, 0.29) is 24.0 Å². The van der Waals surface area contributed by atoms with Crippen LogP contribution in [0, 0.1) is 0 Å². The minimum Gasteiger partial charge on any atom is -0.359 e. The van der Waals surface area contributed by atoms with E-state index in [9.17, 15) is 9.59 Å². The highest BCUT2D eigenvalue weighted by Gasteiger charge is 2.42. The van der Waals surface area contributed by atoms with Gasteiger partial charge in [-0.15, -0.1) is 0 Å². The quantitative estimate of drug-likeness (QED) is 0.612. The van der Waals surface area contributed by atoms with Crippen molar-refractivity contribution in [2.75, 3.05) is 12.8 Å². The summed E-state index contributed by atoms with van der Waals surface area (Å²) in [7, 11) is 1.66.